The van der Waals surface area contributed by atoms with Crippen LogP contribution in [0.3, 0.4) is 0 Å². The van der Waals surface area contributed by atoms with E-state index in [4.69, 9.17) is 18.9 Å². The van der Waals surface area contributed by atoms with Crippen molar-refractivity contribution in [3.05, 3.63) is 47.0 Å². The molecule has 1 aliphatic rings. The standard InChI is InChI=1S/C24H30N2O6/c1-13(2)25-23(27)21-15-11-19(31-6)20(32-7)12-16(15)24(28)26(3)22(21)14-8-9-17(29-4)18(10-14)30-5/h8-13,21-22H,1-7H3,(H,25,27)/t21-,22+/m1/s1. The zero-order valence-electron chi connectivity index (χ0n) is 19.5. The normalized spacial score (nSPS) is 17.6. The molecule has 8 nitrogen and oxygen atoms in total. The highest BCUT2D eigenvalue weighted by Gasteiger charge is 2.44. The van der Waals surface area contributed by atoms with Gasteiger partial charge < -0.3 is 29.2 Å². The fourth-order valence-electron chi connectivity index (χ4n) is 4.16. The predicted molar refractivity (Wildman–Crippen MR) is 120 cm³/mol. The minimum absolute atomic E-state index is 0.0694. The van der Waals surface area contributed by atoms with Crippen LogP contribution in [-0.4, -0.2) is 58.2 Å². The quantitative estimate of drug-likeness (QED) is 0.709. The summed E-state index contributed by atoms with van der Waals surface area (Å²) in [6, 6.07) is 8.14. The number of amides is 2. The lowest BCUT2D eigenvalue weighted by atomic mass is 9.79. The van der Waals surface area contributed by atoms with E-state index in [2.05, 4.69) is 5.32 Å². The lowest BCUT2D eigenvalue weighted by Gasteiger charge is -2.40. The lowest BCUT2D eigenvalue weighted by Crippen LogP contribution is -2.46. The molecule has 8 heteroatoms. The van der Waals surface area contributed by atoms with E-state index in [1.54, 1.807) is 50.4 Å². The first kappa shape index (κ1) is 23.2. The second kappa shape index (κ2) is 9.38. The summed E-state index contributed by atoms with van der Waals surface area (Å²) in [5.74, 6) is 0.899. The fourth-order valence-corrected chi connectivity index (χ4v) is 4.16. The molecule has 32 heavy (non-hydrogen) atoms. The molecule has 0 aromatic heterocycles. The van der Waals surface area contributed by atoms with Gasteiger partial charge in [0.05, 0.1) is 40.4 Å². The van der Waals surface area contributed by atoms with Crippen LogP contribution in [0.5, 0.6) is 23.0 Å². The van der Waals surface area contributed by atoms with Crippen molar-refractivity contribution in [2.24, 2.45) is 0 Å². The molecule has 2 amide bonds. The number of fused-ring (bicyclic) bond motifs is 1. The predicted octanol–water partition coefficient (Wildman–Crippen LogP) is 3.16. The average molecular weight is 443 g/mol. The monoisotopic (exact) mass is 442 g/mol. The van der Waals surface area contributed by atoms with Gasteiger partial charge in [-0.3, -0.25) is 9.59 Å². The van der Waals surface area contributed by atoms with Crippen molar-refractivity contribution in [2.75, 3.05) is 35.5 Å². The van der Waals surface area contributed by atoms with E-state index < -0.39 is 12.0 Å². The maximum absolute atomic E-state index is 13.5. The maximum atomic E-state index is 13.5. The number of rotatable bonds is 7. The molecule has 3 rings (SSSR count). The van der Waals surface area contributed by atoms with Gasteiger partial charge in [0, 0.05) is 18.7 Å². The molecule has 2 aromatic rings. The molecule has 0 unspecified atom stereocenters. The Hall–Kier alpha value is -3.42. The first-order valence-corrected chi connectivity index (χ1v) is 10.3. The van der Waals surface area contributed by atoms with E-state index in [0.717, 1.165) is 5.56 Å². The number of hydrogen-bond acceptors (Lipinski definition) is 6. The van der Waals surface area contributed by atoms with Crippen molar-refractivity contribution >= 4 is 11.8 Å². The van der Waals surface area contributed by atoms with Crippen molar-refractivity contribution in [3.8, 4) is 23.0 Å². The third-order valence-corrected chi connectivity index (χ3v) is 5.64. The van der Waals surface area contributed by atoms with Gasteiger partial charge in [-0.2, -0.15) is 0 Å². The van der Waals surface area contributed by atoms with Crippen LogP contribution in [0.4, 0.5) is 0 Å². The van der Waals surface area contributed by atoms with Gasteiger partial charge in [0.1, 0.15) is 0 Å². The topological polar surface area (TPSA) is 86.3 Å². The summed E-state index contributed by atoms with van der Waals surface area (Å²) < 4.78 is 21.7. The highest BCUT2D eigenvalue weighted by atomic mass is 16.5. The smallest absolute Gasteiger partial charge is 0.254 e. The molecular weight excluding hydrogens is 412 g/mol. The number of carbonyl (C=O) groups is 2. The van der Waals surface area contributed by atoms with Crippen LogP contribution in [0.15, 0.2) is 30.3 Å². The first-order valence-electron chi connectivity index (χ1n) is 10.3. The second-order valence-corrected chi connectivity index (χ2v) is 7.91. The maximum Gasteiger partial charge on any atom is 0.254 e. The molecule has 1 N–H and O–H groups in total. The molecule has 2 atom stereocenters. The summed E-state index contributed by atoms with van der Waals surface area (Å²) in [6.07, 6.45) is 0. The summed E-state index contributed by atoms with van der Waals surface area (Å²) in [5, 5.41) is 3.00. The van der Waals surface area contributed by atoms with E-state index in [9.17, 15) is 9.59 Å². The number of ether oxygens (including phenoxy) is 4. The molecular formula is C24H30N2O6. The van der Waals surface area contributed by atoms with Gasteiger partial charge in [-0.1, -0.05) is 6.07 Å². The van der Waals surface area contributed by atoms with Gasteiger partial charge in [0.2, 0.25) is 5.91 Å². The van der Waals surface area contributed by atoms with Crippen LogP contribution in [0.1, 0.15) is 47.3 Å². The minimum Gasteiger partial charge on any atom is -0.493 e. The molecule has 0 saturated heterocycles. The Bertz CT molecular complexity index is 1020. The summed E-state index contributed by atoms with van der Waals surface area (Å²) in [6.45, 7) is 3.80. The summed E-state index contributed by atoms with van der Waals surface area (Å²) in [4.78, 5) is 28.4. The number of likely N-dealkylation sites (N-methyl/N-ethyl adjacent to an activating group) is 1. The van der Waals surface area contributed by atoms with E-state index in [1.165, 1.54) is 14.2 Å². The van der Waals surface area contributed by atoms with Crippen LogP contribution in [0.2, 0.25) is 0 Å². The Morgan fingerprint density at radius 1 is 0.906 bits per heavy atom. The molecule has 0 aliphatic carbocycles. The molecule has 0 fully saturated rings. The van der Waals surface area contributed by atoms with Crippen molar-refractivity contribution in [2.45, 2.75) is 31.8 Å². The zero-order chi connectivity index (χ0) is 23.6. The second-order valence-electron chi connectivity index (χ2n) is 7.91. The molecule has 0 bridgehead atoms. The van der Waals surface area contributed by atoms with Crippen molar-refractivity contribution in [1.82, 2.24) is 10.2 Å². The lowest BCUT2D eigenvalue weighted by molar-refractivity contribution is -0.124. The van der Waals surface area contributed by atoms with Crippen LogP contribution in [-0.2, 0) is 4.79 Å². The molecule has 1 aliphatic heterocycles. The van der Waals surface area contributed by atoms with E-state index in [-0.39, 0.29) is 17.9 Å². The highest BCUT2D eigenvalue weighted by Crippen LogP contribution is 2.46. The Morgan fingerprint density at radius 2 is 1.47 bits per heavy atom. The minimum atomic E-state index is -0.673. The van der Waals surface area contributed by atoms with Gasteiger partial charge in [-0.25, -0.2) is 0 Å². The highest BCUT2D eigenvalue weighted by molar-refractivity contribution is 6.02. The summed E-state index contributed by atoms with van der Waals surface area (Å²) >= 11 is 0. The molecule has 0 saturated carbocycles. The van der Waals surface area contributed by atoms with Crippen molar-refractivity contribution in [1.29, 1.82) is 0 Å². The number of benzene rings is 2. The van der Waals surface area contributed by atoms with Crippen LogP contribution < -0.4 is 24.3 Å². The molecule has 2 aromatic carbocycles. The van der Waals surface area contributed by atoms with Crippen LogP contribution in [0.25, 0.3) is 0 Å². The number of hydrogen-bond donors (Lipinski definition) is 1. The molecule has 172 valence electrons. The SMILES string of the molecule is COc1ccc([C@H]2[C@H](C(=O)NC(C)C)c3cc(OC)c(OC)cc3C(=O)N2C)cc1OC. The van der Waals surface area contributed by atoms with Crippen molar-refractivity contribution in [3.63, 3.8) is 0 Å². The first-order chi connectivity index (χ1) is 15.3. The Labute approximate surface area is 188 Å². The summed E-state index contributed by atoms with van der Waals surface area (Å²) in [7, 11) is 7.83. The zero-order valence-corrected chi connectivity index (χ0v) is 19.5. The molecule has 1 heterocycles. The van der Waals surface area contributed by atoms with Crippen LogP contribution in [0, 0.1) is 0 Å². The number of methoxy groups -OCH3 is 4. The van der Waals surface area contributed by atoms with Crippen molar-refractivity contribution < 1.29 is 28.5 Å². The van der Waals surface area contributed by atoms with Gasteiger partial charge in [0.25, 0.3) is 5.91 Å². The van der Waals surface area contributed by atoms with Gasteiger partial charge >= 0.3 is 0 Å². The Kier molecular flexibility index (Phi) is 6.81. The fraction of sp³-hybridized carbons (Fsp3) is 0.417. The van der Waals surface area contributed by atoms with Crippen LogP contribution >= 0.6 is 0 Å². The summed E-state index contributed by atoms with van der Waals surface area (Å²) in [5.41, 5.74) is 1.75. The van der Waals surface area contributed by atoms with Gasteiger partial charge in [0.15, 0.2) is 23.0 Å². The number of nitrogens with one attached hydrogen (secondary N) is 1. The average Bonchev–Trinajstić information content (AvgIpc) is 2.79. The third kappa shape index (κ3) is 4.04. The molecule has 0 radical (unpaired) electrons. The number of carbonyl (C=O) groups excluding carboxylic acids is 2. The van der Waals surface area contributed by atoms with Gasteiger partial charge in [-0.15, -0.1) is 0 Å². The van der Waals surface area contributed by atoms with Gasteiger partial charge in [-0.05, 0) is 49.2 Å². The Morgan fingerprint density at radius 3 is 2.03 bits per heavy atom. The van der Waals surface area contributed by atoms with E-state index in [0.29, 0.717) is 34.1 Å². The largest absolute Gasteiger partial charge is 0.493 e. The third-order valence-electron chi connectivity index (χ3n) is 5.64. The Balaban J connectivity index is 2.25. The van der Waals surface area contributed by atoms with E-state index in [1.807, 2.05) is 19.9 Å². The van der Waals surface area contributed by atoms with E-state index >= 15 is 0 Å². The molecule has 0 spiro atoms. The number of nitrogens with zero attached hydrogens (tertiary/aromatic N) is 1.